The molecule has 1 N–H and O–H groups in total. The molecule has 0 saturated heterocycles. The molecule has 0 radical (unpaired) electrons. The van der Waals surface area contributed by atoms with E-state index >= 15 is 0 Å². The van der Waals surface area contributed by atoms with Crippen molar-refractivity contribution in [2.45, 2.75) is 24.3 Å². The molecule has 1 aromatic carbocycles. The van der Waals surface area contributed by atoms with E-state index in [0.29, 0.717) is 26.7 Å². The summed E-state index contributed by atoms with van der Waals surface area (Å²) in [6.45, 7) is 3.65. The van der Waals surface area contributed by atoms with E-state index in [9.17, 15) is 4.79 Å². The maximum Gasteiger partial charge on any atom is 0.237 e. The number of rotatable bonds is 5. The first-order chi connectivity index (χ1) is 12.4. The van der Waals surface area contributed by atoms with Crippen LogP contribution in [0.15, 0.2) is 40.1 Å². The number of furan rings is 1. The fourth-order valence-corrected chi connectivity index (χ4v) is 3.46. The molecule has 2 aromatic heterocycles. The van der Waals surface area contributed by atoms with Crippen LogP contribution in [0.4, 0.5) is 5.69 Å². The summed E-state index contributed by atoms with van der Waals surface area (Å²) in [5, 5.41) is 12.3. The molecule has 1 atom stereocenters. The predicted octanol–water partition coefficient (Wildman–Crippen LogP) is 4.81. The fraction of sp³-hybridized carbons (Fsp3) is 0.235. The standard InChI is InChI=1S/C17H16Cl2N4O2S/c1-9-12(6-7-25-9)15-21-22-17(23(15)3)26-10(2)16(24)20-14-8-11(18)4-5-13(14)19/h4-8,10H,1-3H3,(H,20,24). The highest BCUT2D eigenvalue weighted by atomic mass is 35.5. The lowest BCUT2D eigenvalue weighted by molar-refractivity contribution is -0.115. The number of carbonyl (C=O) groups excluding carboxylic acids is 1. The molecule has 0 aliphatic heterocycles. The van der Waals surface area contributed by atoms with E-state index in [1.807, 2.05) is 24.6 Å². The van der Waals surface area contributed by atoms with Crippen molar-refractivity contribution in [1.82, 2.24) is 14.8 Å². The van der Waals surface area contributed by atoms with Gasteiger partial charge in [0.05, 0.1) is 27.8 Å². The van der Waals surface area contributed by atoms with Crippen LogP contribution in [0, 0.1) is 6.92 Å². The Morgan fingerprint density at radius 2 is 2.08 bits per heavy atom. The van der Waals surface area contributed by atoms with Crippen molar-refractivity contribution in [3.63, 3.8) is 0 Å². The van der Waals surface area contributed by atoms with Crippen LogP contribution in [0.3, 0.4) is 0 Å². The van der Waals surface area contributed by atoms with E-state index in [1.54, 1.807) is 31.4 Å². The summed E-state index contributed by atoms with van der Waals surface area (Å²) in [7, 11) is 1.85. The summed E-state index contributed by atoms with van der Waals surface area (Å²) in [6.07, 6.45) is 1.61. The summed E-state index contributed by atoms with van der Waals surface area (Å²) in [4.78, 5) is 12.5. The van der Waals surface area contributed by atoms with Crippen LogP contribution in [-0.2, 0) is 11.8 Å². The number of nitrogens with zero attached hydrogens (tertiary/aromatic N) is 3. The second-order valence-electron chi connectivity index (χ2n) is 5.63. The van der Waals surface area contributed by atoms with E-state index in [2.05, 4.69) is 15.5 Å². The SMILES string of the molecule is Cc1occc1-c1nnc(SC(C)C(=O)Nc2cc(Cl)ccc2Cl)n1C. The van der Waals surface area contributed by atoms with Crippen LogP contribution in [0.2, 0.25) is 10.0 Å². The van der Waals surface area contributed by atoms with E-state index in [0.717, 1.165) is 11.3 Å². The average Bonchev–Trinajstić information content (AvgIpc) is 3.17. The lowest BCUT2D eigenvalue weighted by Gasteiger charge is -2.13. The number of aryl methyl sites for hydroxylation is 1. The second-order valence-corrected chi connectivity index (χ2v) is 7.78. The first-order valence-corrected chi connectivity index (χ1v) is 9.37. The topological polar surface area (TPSA) is 72.9 Å². The number of nitrogens with one attached hydrogen (secondary N) is 1. The van der Waals surface area contributed by atoms with Gasteiger partial charge in [0.15, 0.2) is 11.0 Å². The van der Waals surface area contributed by atoms with Crippen molar-refractivity contribution in [2.24, 2.45) is 7.05 Å². The maximum absolute atomic E-state index is 12.5. The van der Waals surface area contributed by atoms with Gasteiger partial charge in [0, 0.05) is 12.1 Å². The molecule has 0 aliphatic rings. The Morgan fingerprint density at radius 1 is 1.31 bits per heavy atom. The Morgan fingerprint density at radius 3 is 2.77 bits per heavy atom. The van der Waals surface area contributed by atoms with Gasteiger partial charge in [-0.1, -0.05) is 35.0 Å². The molecule has 0 spiro atoms. The van der Waals surface area contributed by atoms with Crippen LogP contribution < -0.4 is 5.32 Å². The van der Waals surface area contributed by atoms with Gasteiger partial charge < -0.3 is 14.3 Å². The molecule has 1 amide bonds. The van der Waals surface area contributed by atoms with Gasteiger partial charge in [-0.05, 0) is 38.1 Å². The second kappa shape index (κ2) is 7.73. The van der Waals surface area contributed by atoms with Gasteiger partial charge in [-0.15, -0.1) is 10.2 Å². The molecule has 0 fully saturated rings. The number of anilines is 1. The van der Waals surface area contributed by atoms with Crippen LogP contribution in [0.25, 0.3) is 11.4 Å². The molecule has 3 rings (SSSR count). The predicted molar refractivity (Wildman–Crippen MR) is 104 cm³/mol. The largest absolute Gasteiger partial charge is 0.469 e. The molecule has 136 valence electrons. The van der Waals surface area contributed by atoms with E-state index in [1.165, 1.54) is 11.8 Å². The number of amides is 1. The molecule has 6 nitrogen and oxygen atoms in total. The molecule has 1 unspecified atom stereocenters. The highest BCUT2D eigenvalue weighted by Crippen LogP contribution is 2.30. The van der Waals surface area contributed by atoms with Gasteiger partial charge in [0.25, 0.3) is 0 Å². The molecule has 26 heavy (non-hydrogen) atoms. The molecule has 0 saturated carbocycles. The van der Waals surface area contributed by atoms with Crippen molar-refractivity contribution in [2.75, 3.05) is 5.32 Å². The van der Waals surface area contributed by atoms with Crippen molar-refractivity contribution in [1.29, 1.82) is 0 Å². The van der Waals surface area contributed by atoms with Crippen molar-refractivity contribution >= 4 is 46.6 Å². The van der Waals surface area contributed by atoms with Gasteiger partial charge >= 0.3 is 0 Å². The van der Waals surface area contributed by atoms with Gasteiger partial charge in [0.2, 0.25) is 5.91 Å². The highest BCUT2D eigenvalue weighted by Gasteiger charge is 2.21. The van der Waals surface area contributed by atoms with E-state index < -0.39 is 5.25 Å². The molecular formula is C17H16Cl2N4O2S. The van der Waals surface area contributed by atoms with Gasteiger partial charge in [-0.2, -0.15) is 0 Å². The zero-order valence-electron chi connectivity index (χ0n) is 14.3. The molecular weight excluding hydrogens is 395 g/mol. The van der Waals surface area contributed by atoms with Gasteiger partial charge in [0.1, 0.15) is 5.76 Å². The molecule has 0 bridgehead atoms. The quantitative estimate of drug-likeness (QED) is 0.610. The molecule has 0 aliphatic carbocycles. The summed E-state index contributed by atoms with van der Waals surface area (Å²) >= 11 is 13.3. The number of aromatic nitrogens is 3. The van der Waals surface area contributed by atoms with Crippen LogP contribution >= 0.6 is 35.0 Å². The zero-order valence-corrected chi connectivity index (χ0v) is 16.6. The third-order valence-electron chi connectivity index (χ3n) is 3.77. The molecule has 2 heterocycles. The Labute approximate surface area is 164 Å². The Bertz CT molecular complexity index is 954. The van der Waals surface area contributed by atoms with E-state index in [-0.39, 0.29) is 5.91 Å². The van der Waals surface area contributed by atoms with Crippen LogP contribution in [0.5, 0.6) is 0 Å². The molecule has 9 heteroatoms. The lowest BCUT2D eigenvalue weighted by atomic mass is 10.2. The molecule has 3 aromatic rings. The Kier molecular flexibility index (Phi) is 5.60. The number of hydrogen-bond acceptors (Lipinski definition) is 5. The van der Waals surface area contributed by atoms with Gasteiger partial charge in [-0.25, -0.2) is 0 Å². The first kappa shape index (κ1) is 18.8. The summed E-state index contributed by atoms with van der Waals surface area (Å²) in [5.74, 6) is 1.24. The van der Waals surface area contributed by atoms with Gasteiger partial charge in [-0.3, -0.25) is 4.79 Å². The summed E-state index contributed by atoms with van der Waals surface area (Å²) < 4.78 is 7.15. The maximum atomic E-state index is 12.5. The van der Waals surface area contributed by atoms with Crippen molar-refractivity contribution in [3.05, 3.63) is 46.3 Å². The van der Waals surface area contributed by atoms with Crippen molar-refractivity contribution in [3.8, 4) is 11.4 Å². The van der Waals surface area contributed by atoms with Crippen molar-refractivity contribution < 1.29 is 9.21 Å². The smallest absolute Gasteiger partial charge is 0.237 e. The highest BCUT2D eigenvalue weighted by molar-refractivity contribution is 8.00. The summed E-state index contributed by atoms with van der Waals surface area (Å²) in [5.41, 5.74) is 1.35. The third kappa shape index (κ3) is 3.90. The minimum absolute atomic E-state index is 0.205. The fourth-order valence-electron chi connectivity index (χ4n) is 2.31. The lowest BCUT2D eigenvalue weighted by Crippen LogP contribution is -2.23. The zero-order chi connectivity index (χ0) is 18.8. The van der Waals surface area contributed by atoms with Crippen LogP contribution in [-0.4, -0.2) is 25.9 Å². The third-order valence-corrected chi connectivity index (χ3v) is 5.47. The summed E-state index contributed by atoms with van der Waals surface area (Å²) in [6, 6.07) is 6.75. The minimum atomic E-state index is -0.411. The average molecular weight is 411 g/mol. The monoisotopic (exact) mass is 410 g/mol. The number of thioether (sulfide) groups is 1. The first-order valence-electron chi connectivity index (χ1n) is 7.73. The number of carbonyl (C=O) groups is 1. The normalized spacial score (nSPS) is 12.2. The number of halogens is 2. The van der Waals surface area contributed by atoms with Crippen LogP contribution in [0.1, 0.15) is 12.7 Å². The minimum Gasteiger partial charge on any atom is -0.469 e. The van der Waals surface area contributed by atoms with E-state index in [4.69, 9.17) is 27.6 Å². The number of hydrogen-bond donors (Lipinski definition) is 1. The number of benzene rings is 1. The Hall–Kier alpha value is -1.96. The Balaban J connectivity index is 1.73.